The number of hydrogen-bond donors (Lipinski definition) is 1. The van der Waals surface area contributed by atoms with Gasteiger partial charge in [-0.25, -0.2) is 13.2 Å². The van der Waals surface area contributed by atoms with E-state index >= 15 is 0 Å². The van der Waals surface area contributed by atoms with E-state index in [9.17, 15) is 18.3 Å². The Balaban J connectivity index is 3.36. The molecule has 0 aromatic heterocycles. The van der Waals surface area contributed by atoms with Gasteiger partial charge in [-0.2, -0.15) is 0 Å². The van der Waals surface area contributed by atoms with E-state index in [1.54, 1.807) is 6.92 Å². The van der Waals surface area contributed by atoms with E-state index in [2.05, 4.69) is 0 Å². The molecule has 0 bridgehead atoms. The molecule has 5 heteroatoms. The van der Waals surface area contributed by atoms with Crippen LogP contribution in [0, 0.1) is 17.5 Å². The van der Waals surface area contributed by atoms with Crippen LogP contribution in [0.3, 0.4) is 0 Å². The number of benzene rings is 1. The van der Waals surface area contributed by atoms with E-state index in [0.29, 0.717) is 6.07 Å². The van der Waals surface area contributed by atoms with Crippen molar-refractivity contribution in [2.75, 3.05) is 0 Å². The van der Waals surface area contributed by atoms with Gasteiger partial charge in [0.15, 0.2) is 5.82 Å². The lowest BCUT2D eigenvalue weighted by Crippen LogP contribution is -2.05. The first-order valence-electron chi connectivity index (χ1n) is 4.00. The van der Waals surface area contributed by atoms with Gasteiger partial charge in [-0.05, 0) is 6.42 Å². The molecule has 1 aromatic carbocycles. The van der Waals surface area contributed by atoms with Crippen LogP contribution in [-0.4, -0.2) is 5.11 Å². The molecule has 0 aliphatic carbocycles. The molecule has 1 N–H and O–H groups in total. The normalized spacial score (nSPS) is 13.0. The minimum Gasteiger partial charge on any atom is -0.388 e. The lowest BCUT2D eigenvalue weighted by atomic mass is 10.1. The molecule has 1 rings (SSSR count). The van der Waals surface area contributed by atoms with Crippen LogP contribution in [0.5, 0.6) is 0 Å². The minimum absolute atomic E-state index is 0.121. The first-order valence-corrected chi connectivity index (χ1v) is 4.37. The van der Waals surface area contributed by atoms with Crippen LogP contribution in [0.15, 0.2) is 6.07 Å². The van der Waals surface area contributed by atoms with Crippen molar-refractivity contribution in [1.82, 2.24) is 0 Å². The number of halogens is 4. The summed E-state index contributed by atoms with van der Waals surface area (Å²) in [6, 6.07) is 0.458. The van der Waals surface area contributed by atoms with E-state index in [4.69, 9.17) is 11.6 Å². The Hall–Kier alpha value is -0.740. The van der Waals surface area contributed by atoms with E-state index in [1.807, 2.05) is 0 Å². The van der Waals surface area contributed by atoms with Crippen molar-refractivity contribution in [3.63, 3.8) is 0 Å². The fraction of sp³-hybridized carbons (Fsp3) is 0.333. The van der Waals surface area contributed by atoms with Gasteiger partial charge in [-0.1, -0.05) is 18.5 Å². The Labute approximate surface area is 84.1 Å². The Kier molecular flexibility index (Phi) is 3.39. The summed E-state index contributed by atoms with van der Waals surface area (Å²) in [7, 11) is 0. The number of aliphatic hydroxyl groups excluding tert-OH is 1. The molecule has 1 aromatic rings. The molecule has 0 heterocycles. The maximum absolute atomic E-state index is 13.2. The van der Waals surface area contributed by atoms with Gasteiger partial charge in [0.05, 0.1) is 11.7 Å². The lowest BCUT2D eigenvalue weighted by Gasteiger charge is -2.11. The first-order chi connectivity index (χ1) is 6.49. The van der Waals surface area contributed by atoms with E-state index < -0.39 is 34.1 Å². The highest BCUT2D eigenvalue weighted by Gasteiger charge is 2.21. The third-order valence-corrected chi connectivity index (χ3v) is 2.22. The molecule has 0 saturated heterocycles. The topological polar surface area (TPSA) is 20.2 Å². The molecule has 1 nitrogen and oxygen atoms in total. The fourth-order valence-corrected chi connectivity index (χ4v) is 1.25. The zero-order valence-corrected chi connectivity index (χ0v) is 8.08. The summed E-state index contributed by atoms with van der Waals surface area (Å²) in [6.45, 7) is 1.54. The Bertz CT molecular complexity index is 354. The van der Waals surface area contributed by atoms with Gasteiger partial charge in [0.2, 0.25) is 0 Å². The second-order valence-electron chi connectivity index (χ2n) is 2.81. The van der Waals surface area contributed by atoms with Crippen LogP contribution < -0.4 is 0 Å². The van der Waals surface area contributed by atoms with E-state index in [-0.39, 0.29) is 6.42 Å². The standard InChI is InChI=1S/C9H8ClF3O/c1-2-6(14)7-4(11)3-5(12)8(10)9(7)13/h3,6,14H,2H2,1H3. The van der Waals surface area contributed by atoms with Gasteiger partial charge in [0.1, 0.15) is 16.7 Å². The summed E-state index contributed by atoms with van der Waals surface area (Å²) in [4.78, 5) is 0. The first kappa shape index (κ1) is 11.3. The third-order valence-electron chi connectivity index (χ3n) is 1.87. The fourth-order valence-electron chi connectivity index (χ4n) is 1.09. The van der Waals surface area contributed by atoms with Gasteiger partial charge in [0.25, 0.3) is 0 Å². The Morgan fingerprint density at radius 1 is 1.36 bits per heavy atom. The largest absolute Gasteiger partial charge is 0.388 e. The lowest BCUT2D eigenvalue weighted by molar-refractivity contribution is 0.163. The van der Waals surface area contributed by atoms with Crippen LogP contribution in [-0.2, 0) is 0 Å². The average molecular weight is 225 g/mol. The third kappa shape index (κ3) is 1.86. The monoisotopic (exact) mass is 224 g/mol. The molecular weight excluding hydrogens is 217 g/mol. The molecular formula is C9H8ClF3O. The maximum Gasteiger partial charge on any atom is 0.153 e. The van der Waals surface area contributed by atoms with Gasteiger partial charge < -0.3 is 5.11 Å². The zero-order valence-electron chi connectivity index (χ0n) is 7.32. The molecule has 0 amide bonds. The predicted molar refractivity (Wildman–Crippen MR) is 46.6 cm³/mol. The molecule has 1 atom stereocenters. The molecule has 0 radical (unpaired) electrons. The molecule has 14 heavy (non-hydrogen) atoms. The van der Waals surface area contributed by atoms with Gasteiger partial charge in [0, 0.05) is 6.07 Å². The SMILES string of the molecule is CCC(O)c1c(F)cc(F)c(Cl)c1F. The summed E-state index contributed by atoms with van der Waals surface area (Å²) in [6.07, 6.45) is -1.19. The van der Waals surface area contributed by atoms with Gasteiger partial charge in [-0.3, -0.25) is 0 Å². The second-order valence-corrected chi connectivity index (χ2v) is 3.18. The van der Waals surface area contributed by atoms with E-state index in [1.165, 1.54) is 0 Å². The quantitative estimate of drug-likeness (QED) is 0.604. The van der Waals surface area contributed by atoms with Crippen LogP contribution in [0.4, 0.5) is 13.2 Å². The van der Waals surface area contributed by atoms with Crippen molar-refractivity contribution in [3.05, 3.63) is 34.1 Å². The molecule has 0 spiro atoms. The smallest absolute Gasteiger partial charge is 0.153 e. The van der Waals surface area contributed by atoms with Crippen molar-refractivity contribution < 1.29 is 18.3 Å². The summed E-state index contributed by atoms with van der Waals surface area (Å²) in [5.41, 5.74) is -0.584. The minimum atomic E-state index is -1.31. The number of hydrogen-bond acceptors (Lipinski definition) is 1. The molecule has 0 fully saturated rings. The Morgan fingerprint density at radius 3 is 2.43 bits per heavy atom. The van der Waals surface area contributed by atoms with Crippen LogP contribution in [0.25, 0.3) is 0 Å². The molecule has 0 aliphatic heterocycles. The predicted octanol–water partition coefficient (Wildman–Crippen LogP) is 3.20. The van der Waals surface area contributed by atoms with Crippen molar-refractivity contribution >= 4 is 11.6 Å². The van der Waals surface area contributed by atoms with Crippen LogP contribution in [0.2, 0.25) is 5.02 Å². The maximum atomic E-state index is 13.2. The number of rotatable bonds is 2. The molecule has 78 valence electrons. The summed E-state index contributed by atoms with van der Waals surface area (Å²) >= 11 is 5.23. The van der Waals surface area contributed by atoms with Crippen molar-refractivity contribution in [2.24, 2.45) is 0 Å². The molecule has 1 unspecified atom stereocenters. The zero-order chi connectivity index (χ0) is 10.9. The summed E-state index contributed by atoms with van der Waals surface area (Å²) < 4.78 is 38.9. The molecule has 0 saturated carbocycles. The highest BCUT2D eigenvalue weighted by molar-refractivity contribution is 6.30. The van der Waals surface area contributed by atoms with Crippen LogP contribution >= 0.6 is 11.6 Å². The van der Waals surface area contributed by atoms with Crippen LogP contribution in [0.1, 0.15) is 25.0 Å². The van der Waals surface area contributed by atoms with Crippen molar-refractivity contribution in [2.45, 2.75) is 19.4 Å². The Morgan fingerprint density at radius 2 is 1.93 bits per heavy atom. The van der Waals surface area contributed by atoms with E-state index in [0.717, 1.165) is 0 Å². The highest BCUT2D eigenvalue weighted by atomic mass is 35.5. The second kappa shape index (κ2) is 4.19. The van der Waals surface area contributed by atoms with Gasteiger partial charge in [-0.15, -0.1) is 0 Å². The summed E-state index contributed by atoms with van der Waals surface area (Å²) in [5, 5.41) is 8.45. The van der Waals surface area contributed by atoms with Crippen molar-refractivity contribution in [3.8, 4) is 0 Å². The summed E-state index contributed by atoms with van der Waals surface area (Å²) in [5.74, 6) is -3.54. The van der Waals surface area contributed by atoms with Gasteiger partial charge >= 0.3 is 0 Å². The van der Waals surface area contributed by atoms with Crippen molar-refractivity contribution in [1.29, 1.82) is 0 Å². The number of aliphatic hydroxyl groups is 1. The average Bonchev–Trinajstić information content (AvgIpc) is 2.14. The highest BCUT2D eigenvalue weighted by Crippen LogP contribution is 2.29. The molecule has 0 aliphatic rings.